The molecule has 17 heavy (non-hydrogen) atoms. The molecule has 0 atom stereocenters. The van der Waals surface area contributed by atoms with Crippen molar-refractivity contribution in [2.24, 2.45) is 0 Å². The van der Waals surface area contributed by atoms with Crippen LogP contribution in [0.4, 0.5) is 13.2 Å². The van der Waals surface area contributed by atoms with E-state index in [2.05, 4.69) is 12.1 Å². The summed E-state index contributed by atoms with van der Waals surface area (Å²) >= 11 is 0. The second-order valence-corrected chi connectivity index (χ2v) is 3.73. The molecular weight excluding hydrogens is 225 g/mol. The molecule has 0 aliphatic heterocycles. The third kappa shape index (κ3) is 1.46. The van der Waals surface area contributed by atoms with Gasteiger partial charge in [0.1, 0.15) is 5.82 Å². The Kier molecular flexibility index (Phi) is 2.08. The second-order valence-electron chi connectivity index (χ2n) is 3.73. The van der Waals surface area contributed by atoms with Crippen LogP contribution in [0.5, 0.6) is 0 Å². The number of hydrogen-bond donors (Lipinski definition) is 0. The number of fused-ring (bicyclic) bond motifs is 3. The zero-order chi connectivity index (χ0) is 12.0. The van der Waals surface area contributed by atoms with Crippen molar-refractivity contribution in [1.29, 1.82) is 0 Å². The number of benzene rings is 3. The molecule has 0 spiro atoms. The Balaban J connectivity index is 2.59. The Morgan fingerprint density at radius 2 is 1.76 bits per heavy atom. The molecule has 2 radical (unpaired) electrons. The van der Waals surface area contributed by atoms with E-state index in [1.165, 1.54) is 6.07 Å². The molecule has 0 unspecified atom stereocenters. The summed E-state index contributed by atoms with van der Waals surface area (Å²) < 4.78 is 39.9. The summed E-state index contributed by atoms with van der Waals surface area (Å²) in [6, 6.07) is 11.9. The molecule has 0 saturated heterocycles. The summed E-state index contributed by atoms with van der Waals surface area (Å²) in [4.78, 5) is 0. The van der Waals surface area contributed by atoms with E-state index in [-0.39, 0.29) is 5.39 Å². The van der Waals surface area contributed by atoms with Gasteiger partial charge in [0.15, 0.2) is 11.6 Å². The molecule has 0 aliphatic rings. The Hall–Kier alpha value is -2.03. The third-order valence-electron chi connectivity index (χ3n) is 2.69. The lowest BCUT2D eigenvalue weighted by Gasteiger charge is -2.05. The van der Waals surface area contributed by atoms with E-state index in [0.29, 0.717) is 16.2 Å². The van der Waals surface area contributed by atoms with E-state index in [4.69, 9.17) is 0 Å². The Morgan fingerprint density at radius 1 is 0.941 bits per heavy atom. The van der Waals surface area contributed by atoms with Crippen molar-refractivity contribution in [2.45, 2.75) is 0 Å². The van der Waals surface area contributed by atoms with Crippen LogP contribution in [0.1, 0.15) is 0 Å². The highest BCUT2D eigenvalue weighted by Gasteiger charge is 2.10. The predicted octanol–water partition coefficient (Wildman–Crippen LogP) is 4.01. The van der Waals surface area contributed by atoms with Gasteiger partial charge >= 0.3 is 0 Å². The largest absolute Gasteiger partial charge is 0.206 e. The van der Waals surface area contributed by atoms with Gasteiger partial charge in [-0.05, 0) is 40.4 Å². The summed E-state index contributed by atoms with van der Waals surface area (Å²) in [5.74, 6) is -2.59. The smallest absolute Gasteiger partial charge is 0.167 e. The summed E-state index contributed by atoms with van der Waals surface area (Å²) in [5, 5.41) is 1.52. The zero-order valence-electron chi connectivity index (χ0n) is 8.52. The van der Waals surface area contributed by atoms with Crippen LogP contribution in [-0.4, -0.2) is 0 Å². The maximum Gasteiger partial charge on any atom is 0.167 e. The van der Waals surface area contributed by atoms with E-state index < -0.39 is 17.5 Å². The molecule has 3 aromatic rings. The molecule has 3 aromatic carbocycles. The molecule has 0 aromatic heterocycles. The third-order valence-corrected chi connectivity index (χ3v) is 2.69. The van der Waals surface area contributed by atoms with Crippen molar-refractivity contribution >= 4 is 21.5 Å². The van der Waals surface area contributed by atoms with E-state index in [1.54, 1.807) is 18.2 Å². The fourth-order valence-electron chi connectivity index (χ4n) is 1.93. The van der Waals surface area contributed by atoms with E-state index in [0.717, 1.165) is 6.07 Å². The first-order valence-electron chi connectivity index (χ1n) is 4.96. The Bertz CT molecular complexity index is 732. The predicted molar refractivity (Wildman–Crippen MR) is 59.0 cm³/mol. The molecule has 0 nitrogen and oxygen atoms in total. The normalized spacial score (nSPS) is 11.2. The first-order valence-corrected chi connectivity index (χ1v) is 4.96. The van der Waals surface area contributed by atoms with Gasteiger partial charge < -0.3 is 0 Å². The average Bonchev–Trinajstić information content (AvgIpc) is 2.31. The van der Waals surface area contributed by atoms with Crippen molar-refractivity contribution in [1.82, 2.24) is 0 Å². The lowest BCUT2D eigenvalue weighted by molar-refractivity contribution is 0.509. The van der Waals surface area contributed by atoms with Crippen molar-refractivity contribution in [2.75, 3.05) is 0 Å². The maximum absolute atomic E-state index is 13.7. The van der Waals surface area contributed by atoms with E-state index in [9.17, 15) is 13.2 Å². The van der Waals surface area contributed by atoms with Gasteiger partial charge in [0.25, 0.3) is 0 Å². The van der Waals surface area contributed by atoms with Gasteiger partial charge in [0.2, 0.25) is 0 Å². The van der Waals surface area contributed by atoms with Gasteiger partial charge in [-0.1, -0.05) is 12.1 Å². The van der Waals surface area contributed by atoms with E-state index >= 15 is 0 Å². The lowest BCUT2D eigenvalue weighted by atomic mass is 10.0. The zero-order valence-corrected chi connectivity index (χ0v) is 8.52. The standard InChI is InChI=1S/C14H5F3/c15-11-3-1-2-8-4-5-9-6-12(16)13(17)7-10(9)14(8)11/h2-5,7H. The fraction of sp³-hybridized carbons (Fsp3) is 0. The summed E-state index contributed by atoms with van der Waals surface area (Å²) in [6.45, 7) is 0. The summed E-state index contributed by atoms with van der Waals surface area (Å²) in [5.41, 5.74) is 0. The molecule has 3 heteroatoms. The topological polar surface area (TPSA) is 0 Å². The minimum atomic E-state index is -1.06. The van der Waals surface area contributed by atoms with Gasteiger partial charge in [0.05, 0.1) is 0 Å². The molecule has 0 saturated carbocycles. The Labute approximate surface area is 95.3 Å². The molecule has 0 heterocycles. The van der Waals surface area contributed by atoms with Crippen LogP contribution in [0, 0.1) is 29.6 Å². The molecule has 0 aliphatic carbocycles. The second kappa shape index (κ2) is 3.48. The Morgan fingerprint density at radius 3 is 2.59 bits per heavy atom. The number of rotatable bonds is 0. The fourth-order valence-corrected chi connectivity index (χ4v) is 1.93. The van der Waals surface area contributed by atoms with Crippen molar-refractivity contribution in [3.63, 3.8) is 0 Å². The number of halogens is 3. The van der Waals surface area contributed by atoms with Crippen LogP contribution in [0.2, 0.25) is 0 Å². The van der Waals surface area contributed by atoms with Crippen molar-refractivity contribution in [3.05, 3.63) is 59.9 Å². The van der Waals surface area contributed by atoms with Crippen molar-refractivity contribution in [3.8, 4) is 0 Å². The van der Waals surface area contributed by atoms with Crippen LogP contribution in [0.15, 0.2) is 30.3 Å². The van der Waals surface area contributed by atoms with Crippen LogP contribution >= 0.6 is 0 Å². The summed E-state index contributed by atoms with van der Waals surface area (Å²) in [6.07, 6.45) is 0. The minimum Gasteiger partial charge on any atom is -0.206 e. The van der Waals surface area contributed by atoms with Crippen LogP contribution in [0.3, 0.4) is 0 Å². The van der Waals surface area contributed by atoms with Crippen LogP contribution < -0.4 is 0 Å². The van der Waals surface area contributed by atoms with Crippen molar-refractivity contribution < 1.29 is 13.2 Å². The highest BCUT2D eigenvalue weighted by molar-refractivity contribution is 6.07. The maximum atomic E-state index is 13.7. The first kappa shape index (κ1) is 10.1. The molecule has 0 fully saturated rings. The highest BCUT2D eigenvalue weighted by Crippen LogP contribution is 2.28. The van der Waals surface area contributed by atoms with Crippen LogP contribution in [-0.2, 0) is 0 Å². The van der Waals surface area contributed by atoms with Gasteiger partial charge in [-0.15, -0.1) is 0 Å². The lowest BCUT2D eigenvalue weighted by Crippen LogP contribution is -1.88. The first-order chi connectivity index (χ1) is 8.16. The molecule has 0 bridgehead atoms. The van der Waals surface area contributed by atoms with E-state index in [1.807, 2.05) is 0 Å². The minimum absolute atomic E-state index is 0.261. The molecule has 82 valence electrons. The monoisotopic (exact) mass is 230 g/mol. The SMILES string of the molecule is Fc1[c]c2ccc3c[c]cc(F)c3c2cc1F. The molecule has 3 rings (SSSR count). The summed E-state index contributed by atoms with van der Waals surface area (Å²) in [7, 11) is 0. The highest BCUT2D eigenvalue weighted by atomic mass is 19.2. The molecular formula is C14H5F3. The number of hydrogen-bond acceptors (Lipinski definition) is 0. The van der Waals surface area contributed by atoms with Gasteiger partial charge in [-0.3, -0.25) is 0 Å². The van der Waals surface area contributed by atoms with Gasteiger partial charge in [-0.2, -0.15) is 0 Å². The molecule has 0 amide bonds. The van der Waals surface area contributed by atoms with Crippen LogP contribution in [0.25, 0.3) is 21.5 Å². The molecule has 0 N–H and O–H groups in total. The van der Waals surface area contributed by atoms with Gasteiger partial charge in [-0.25, -0.2) is 13.2 Å². The quantitative estimate of drug-likeness (QED) is 0.512. The van der Waals surface area contributed by atoms with Gasteiger partial charge in [0, 0.05) is 11.5 Å². The average molecular weight is 230 g/mol.